The van der Waals surface area contributed by atoms with Crippen LogP contribution in [-0.4, -0.2) is 5.78 Å². The zero-order valence-corrected chi connectivity index (χ0v) is 7.42. The molecule has 0 atom stereocenters. The highest BCUT2D eigenvalue weighted by molar-refractivity contribution is 6.07. The number of rotatable bonds is 2. The first-order valence-corrected chi connectivity index (χ1v) is 3.88. The molecule has 0 heterocycles. The molecule has 1 aromatic rings. The van der Waals surface area contributed by atoms with Crippen molar-refractivity contribution < 1.29 is 4.79 Å². The molecular weight excluding hydrogens is 148 g/mol. The molecule has 0 bridgehead atoms. The van der Waals surface area contributed by atoms with E-state index in [1.807, 2.05) is 31.2 Å². The SMILES string of the molecule is C=C(C)C(=O)c1cccc(C)c1. The van der Waals surface area contributed by atoms with Crippen LogP contribution in [0, 0.1) is 6.92 Å². The molecule has 0 amide bonds. The Kier molecular flexibility index (Phi) is 2.44. The summed E-state index contributed by atoms with van der Waals surface area (Å²) >= 11 is 0. The highest BCUT2D eigenvalue weighted by atomic mass is 16.1. The van der Waals surface area contributed by atoms with Gasteiger partial charge < -0.3 is 0 Å². The number of carbonyl (C=O) groups is 1. The second-order valence-corrected chi connectivity index (χ2v) is 2.98. The fourth-order valence-electron chi connectivity index (χ4n) is 1.03. The normalized spacial score (nSPS) is 9.50. The average molecular weight is 160 g/mol. The highest BCUT2D eigenvalue weighted by Gasteiger charge is 2.04. The standard InChI is InChI=1S/C11H12O/c1-8(2)11(12)10-6-4-5-9(3)7-10/h4-7H,1H2,2-3H3. The van der Waals surface area contributed by atoms with Crippen molar-refractivity contribution >= 4 is 5.78 Å². The maximum atomic E-state index is 11.4. The Labute approximate surface area is 72.7 Å². The van der Waals surface area contributed by atoms with E-state index in [1.165, 1.54) is 0 Å². The number of Topliss-reactive ketones (excluding diaryl/α,β-unsaturated/α-hetero) is 1. The van der Waals surface area contributed by atoms with Gasteiger partial charge in [0.05, 0.1) is 0 Å². The first kappa shape index (κ1) is 8.72. The van der Waals surface area contributed by atoms with Gasteiger partial charge in [0.2, 0.25) is 0 Å². The topological polar surface area (TPSA) is 17.1 Å². The third-order valence-electron chi connectivity index (χ3n) is 1.67. The van der Waals surface area contributed by atoms with E-state index >= 15 is 0 Å². The van der Waals surface area contributed by atoms with Gasteiger partial charge in [-0.3, -0.25) is 4.79 Å². The molecule has 62 valence electrons. The van der Waals surface area contributed by atoms with Gasteiger partial charge in [-0.2, -0.15) is 0 Å². The van der Waals surface area contributed by atoms with Gasteiger partial charge in [0.15, 0.2) is 5.78 Å². The predicted octanol–water partition coefficient (Wildman–Crippen LogP) is 2.75. The summed E-state index contributed by atoms with van der Waals surface area (Å²) in [6.45, 7) is 7.31. The summed E-state index contributed by atoms with van der Waals surface area (Å²) in [5.74, 6) is 0.0266. The second kappa shape index (κ2) is 3.35. The van der Waals surface area contributed by atoms with E-state index in [-0.39, 0.29) is 5.78 Å². The van der Waals surface area contributed by atoms with Gasteiger partial charge in [-0.05, 0) is 25.5 Å². The van der Waals surface area contributed by atoms with E-state index in [0.717, 1.165) is 11.1 Å². The molecule has 0 aromatic heterocycles. The minimum Gasteiger partial charge on any atom is -0.289 e. The number of ketones is 1. The molecule has 0 saturated carbocycles. The Morgan fingerprint density at radius 3 is 2.58 bits per heavy atom. The number of carbonyl (C=O) groups excluding carboxylic acids is 1. The smallest absolute Gasteiger partial charge is 0.188 e. The molecule has 0 fully saturated rings. The van der Waals surface area contributed by atoms with E-state index in [0.29, 0.717) is 5.57 Å². The van der Waals surface area contributed by atoms with Crippen LogP contribution < -0.4 is 0 Å². The van der Waals surface area contributed by atoms with Crippen LogP contribution in [0.25, 0.3) is 0 Å². The van der Waals surface area contributed by atoms with Gasteiger partial charge in [-0.15, -0.1) is 0 Å². The zero-order chi connectivity index (χ0) is 9.14. The molecule has 0 aliphatic rings. The van der Waals surface area contributed by atoms with Gasteiger partial charge in [0, 0.05) is 5.56 Å². The number of aryl methyl sites for hydroxylation is 1. The van der Waals surface area contributed by atoms with Crippen molar-refractivity contribution in [2.75, 3.05) is 0 Å². The van der Waals surface area contributed by atoms with Crippen LogP contribution in [0.3, 0.4) is 0 Å². The van der Waals surface area contributed by atoms with Crippen LogP contribution in [0.1, 0.15) is 22.8 Å². The van der Waals surface area contributed by atoms with Crippen molar-refractivity contribution in [1.29, 1.82) is 0 Å². The van der Waals surface area contributed by atoms with Crippen LogP contribution in [0.15, 0.2) is 36.4 Å². The Balaban J connectivity index is 3.04. The molecule has 0 aliphatic heterocycles. The zero-order valence-electron chi connectivity index (χ0n) is 7.42. The fraction of sp³-hybridized carbons (Fsp3) is 0.182. The minimum atomic E-state index is 0.0266. The Morgan fingerprint density at radius 1 is 1.42 bits per heavy atom. The lowest BCUT2D eigenvalue weighted by molar-refractivity contribution is 0.103. The predicted molar refractivity (Wildman–Crippen MR) is 50.3 cm³/mol. The molecule has 0 unspecified atom stereocenters. The monoisotopic (exact) mass is 160 g/mol. The van der Waals surface area contributed by atoms with Crippen molar-refractivity contribution in [3.8, 4) is 0 Å². The first-order valence-electron chi connectivity index (χ1n) is 3.88. The molecular formula is C11H12O. The molecule has 0 aliphatic carbocycles. The number of allylic oxidation sites excluding steroid dienone is 1. The minimum absolute atomic E-state index is 0.0266. The van der Waals surface area contributed by atoms with Gasteiger partial charge in [-0.1, -0.05) is 30.3 Å². The van der Waals surface area contributed by atoms with E-state index in [9.17, 15) is 4.79 Å². The number of hydrogen-bond donors (Lipinski definition) is 0. The maximum Gasteiger partial charge on any atom is 0.188 e. The summed E-state index contributed by atoms with van der Waals surface area (Å²) in [7, 11) is 0. The van der Waals surface area contributed by atoms with Gasteiger partial charge >= 0.3 is 0 Å². The van der Waals surface area contributed by atoms with Crippen molar-refractivity contribution in [3.63, 3.8) is 0 Å². The molecule has 0 saturated heterocycles. The van der Waals surface area contributed by atoms with Gasteiger partial charge in [0.1, 0.15) is 0 Å². The second-order valence-electron chi connectivity index (χ2n) is 2.98. The van der Waals surface area contributed by atoms with Crippen LogP contribution in [0.2, 0.25) is 0 Å². The van der Waals surface area contributed by atoms with E-state index in [2.05, 4.69) is 6.58 Å². The quantitative estimate of drug-likeness (QED) is 0.480. The van der Waals surface area contributed by atoms with Crippen molar-refractivity contribution in [2.45, 2.75) is 13.8 Å². The highest BCUT2D eigenvalue weighted by Crippen LogP contribution is 2.08. The van der Waals surface area contributed by atoms with Gasteiger partial charge in [-0.25, -0.2) is 0 Å². The summed E-state index contributed by atoms with van der Waals surface area (Å²) in [4.78, 5) is 11.4. The van der Waals surface area contributed by atoms with Crippen LogP contribution in [-0.2, 0) is 0 Å². The summed E-state index contributed by atoms with van der Waals surface area (Å²) in [5, 5.41) is 0. The third-order valence-corrected chi connectivity index (χ3v) is 1.67. The molecule has 0 spiro atoms. The number of benzene rings is 1. The maximum absolute atomic E-state index is 11.4. The molecule has 1 aromatic carbocycles. The summed E-state index contributed by atoms with van der Waals surface area (Å²) < 4.78 is 0. The summed E-state index contributed by atoms with van der Waals surface area (Å²) in [6, 6.07) is 7.53. The molecule has 1 rings (SSSR count). The lowest BCUT2D eigenvalue weighted by Gasteiger charge is -1.99. The first-order chi connectivity index (χ1) is 5.61. The summed E-state index contributed by atoms with van der Waals surface area (Å²) in [6.07, 6.45) is 0. The summed E-state index contributed by atoms with van der Waals surface area (Å²) in [5.41, 5.74) is 2.41. The number of hydrogen-bond acceptors (Lipinski definition) is 1. The van der Waals surface area contributed by atoms with Crippen molar-refractivity contribution in [3.05, 3.63) is 47.5 Å². The fourth-order valence-corrected chi connectivity index (χ4v) is 1.03. The third kappa shape index (κ3) is 1.82. The molecule has 0 radical (unpaired) electrons. The van der Waals surface area contributed by atoms with E-state index < -0.39 is 0 Å². The average Bonchev–Trinajstić information content (AvgIpc) is 2.03. The Bertz CT molecular complexity index is 324. The van der Waals surface area contributed by atoms with Crippen LogP contribution in [0.4, 0.5) is 0 Å². The largest absolute Gasteiger partial charge is 0.289 e. The van der Waals surface area contributed by atoms with Crippen molar-refractivity contribution in [2.24, 2.45) is 0 Å². The molecule has 0 N–H and O–H groups in total. The van der Waals surface area contributed by atoms with Crippen LogP contribution >= 0.6 is 0 Å². The molecule has 12 heavy (non-hydrogen) atoms. The molecule has 1 nitrogen and oxygen atoms in total. The van der Waals surface area contributed by atoms with Crippen LogP contribution in [0.5, 0.6) is 0 Å². The molecule has 1 heteroatoms. The van der Waals surface area contributed by atoms with Gasteiger partial charge in [0.25, 0.3) is 0 Å². The Hall–Kier alpha value is -1.37. The lowest BCUT2D eigenvalue weighted by atomic mass is 10.0. The van der Waals surface area contributed by atoms with E-state index in [1.54, 1.807) is 6.92 Å². The Morgan fingerprint density at radius 2 is 2.08 bits per heavy atom. The van der Waals surface area contributed by atoms with E-state index in [4.69, 9.17) is 0 Å². The van der Waals surface area contributed by atoms with Crippen molar-refractivity contribution in [1.82, 2.24) is 0 Å². The lowest BCUT2D eigenvalue weighted by Crippen LogP contribution is -1.99.